The number of hydrogen-bond donors (Lipinski definition) is 0. The molecule has 0 aromatic heterocycles. The van der Waals surface area contributed by atoms with E-state index in [1.54, 1.807) is 11.8 Å². The van der Waals surface area contributed by atoms with Gasteiger partial charge in [-0.2, -0.15) is 0 Å². The number of thioether (sulfide) groups is 1. The molecule has 0 aliphatic rings. The van der Waals surface area contributed by atoms with Crippen molar-refractivity contribution >= 4 is 17.5 Å². The lowest BCUT2D eigenvalue weighted by Crippen LogP contribution is -2.08. The van der Waals surface area contributed by atoms with E-state index < -0.39 is 0 Å². The maximum absolute atomic E-state index is 11.1. The van der Waals surface area contributed by atoms with Crippen molar-refractivity contribution in [3.05, 3.63) is 48.5 Å². The molecule has 0 bridgehead atoms. The summed E-state index contributed by atoms with van der Waals surface area (Å²) < 4.78 is 5.67. The van der Waals surface area contributed by atoms with Gasteiger partial charge in [0.15, 0.2) is 5.78 Å². The first kappa shape index (κ1) is 13.7. The van der Waals surface area contributed by atoms with Gasteiger partial charge in [0.05, 0.1) is 4.90 Å². The van der Waals surface area contributed by atoms with Crippen LogP contribution in [0.2, 0.25) is 0 Å². The van der Waals surface area contributed by atoms with Gasteiger partial charge in [-0.3, -0.25) is 4.79 Å². The predicted molar refractivity (Wildman–Crippen MR) is 78.7 cm³/mol. The molecule has 0 saturated carbocycles. The first-order valence-electron chi connectivity index (χ1n) is 5.98. The van der Waals surface area contributed by atoms with Gasteiger partial charge >= 0.3 is 0 Å². The van der Waals surface area contributed by atoms with Crippen molar-refractivity contribution in [3.63, 3.8) is 0 Å². The van der Waals surface area contributed by atoms with E-state index in [9.17, 15) is 4.79 Å². The molecule has 0 aliphatic heterocycles. The van der Waals surface area contributed by atoms with Gasteiger partial charge in [0.25, 0.3) is 0 Å². The standard InChI is InChI=1S/C16H15O2S/c1-12(17)11-18-16-14(9-6-10-15(16)19-2)13-7-4-3-5-8-13/h3-9H,11H2,1-2H3. The van der Waals surface area contributed by atoms with Gasteiger partial charge in [-0.15, -0.1) is 11.8 Å². The molecular formula is C16H15O2S. The molecule has 97 valence electrons. The quantitative estimate of drug-likeness (QED) is 0.773. The van der Waals surface area contributed by atoms with E-state index in [1.807, 2.05) is 48.7 Å². The second kappa shape index (κ2) is 6.43. The number of hydrogen-bond acceptors (Lipinski definition) is 3. The van der Waals surface area contributed by atoms with Crippen molar-refractivity contribution in [1.29, 1.82) is 0 Å². The number of ether oxygens (including phenoxy) is 1. The Bertz CT molecular complexity index is 564. The van der Waals surface area contributed by atoms with Crippen molar-refractivity contribution in [1.82, 2.24) is 0 Å². The molecular weight excluding hydrogens is 256 g/mol. The minimum atomic E-state index is 0.00918. The van der Waals surface area contributed by atoms with Gasteiger partial charge in [-0.05, 0) is 24.8 Å². The summed E-state index contributed by atoms with van der Waals surface area (Å²) in [6.45, 7) is 1.61. The number of carbonyl (C=O) groups is 1. The first-order valence-corrected chi connectivity index (χ1v) is 7.21. The molecule has 0 saturated heterocycles. The van der Waals surface area contributed by atoms with Crippen LogP contribution in [-0.4, -0.2) is 18.6 Å². The number of carbonyl (C=O) groups excluding carboxylic acids is 1. The molecule has 2 nitrogen and oxygen atoms in total. The smallest absolute Gasteiger partial charge is 0.167 e. The SMILES string of the molecule is CSc1[c]ccc(-c2ccccc2)c1OCC(C)=O. The number of benzene rings is 2. The van der Waals surface area contributed by atoms with Crippen molar-refractivity contribution in [2.45, 2.75) is 11.8 Å². The largest absolute Gasteiger partial charge is 0.484 e. The molecule has 2 aromatic rings. The van der Waals surface area contributed by atoms with Crippen LogP contribution in [0.3, 0.4) is 0 Å². The molecule has 2 rings (SSSR count). The monoisotopic (exact) mass is 271 g/mol. The maximum atomic E-state index is 11.1. The minimum Gasteiger partial charge on any atom is -0.484 e. The van der Waals surface area contributed by atoms with Crippen molar-refractivity contribution in [3.8, 4) is 16.9 Å². The van der Waals surface area contributed by atoms with E-state index in [4.69, 9.17) is 4.74 Å². The van der Waals surface area contributed by atoms with Crippen LogP contribution in [-0.2, 0) is 4.79 Å². The summed E-state index contributed by atoms with van der Waals surface area (Å²) in [7, 11) is 0. The normalized spacial score (nSPS) is 10.2. The Morgan fingerprint density at radius 1 is 1.26 bits per heavy atom. The molecule has 0 heterocycles. The predicted octanol–water partition coefficient (Wildman–Crippen LogP) is 3.84. The van der Waals surface area contributed by atoms with Crippen molar-refractivity contribution in [2.24, 2.45) is 0 Å². The molecule has 0 amide bonds. The maximum Gasteiger partial charge on any atom is 0.167 e. The first-order chi connectivity index (χ1) is 9.22. The summed E-state index contributed by atoms with van der Waals surface area (Å²) in [5, 5.41) is 0. The lowest BCUT2D eigenvalue weighted by molar-refractivity contribution is -0.118. The Hall–Kier alpha value is -1.74. The van der Waals surface area contributed by atoms with Crippen LogP contribution in [0.4, 0.5) is 0 Å². The van der Waals surface area contributed by atoms with Crippen LogP contribution >= 0.6 is 11.8 Å². The summed E-state index contributed by atoms with van der Waals surface area (Å²) in [5.74, 6) is 0.742. The van der Waals surface area contributed by atoms with Crippen LogP contribution in [0.15, 0.2) is 47.4 Å². The molecule has 0 atom stereocenters. The highest BCUT2D eigenvalue weighted by Crippen LogP contribution is 2.37. The number of Topliss-reactive ketones (excluding diaryl/α,β-unsaturated/α-hetero) is 1. The fraction of sp³-hybridized carbons (Fsp3) is 0.188. The lowest BCUT2D eigenvalue weighted by Gasteiger charge is -2.14. The summed E-state index contributed by atoms with van der Waals surface area (Å²) in [4.78, 5) is 12.0. The summed E-state index contributed by atoms with van der Waals surface area (Å²) >= 11 is 1.56. The molecule has 0 unspecified atom stereocenters. The zero-order valence-corrected chi connectivity index (χ0v) is 11.8. The molecule has 3 heteroatoms. The molecule has 19 heavy (non-hydrogen) atoms. The van der Waals surface area contributed by atoms with E-state index in [0.29, 0.717) is 0 Å². The van der Waals surface area contributed by atoms with Crippen molar-refractivity contribution < 1.29 is 9.53 Å². The van der Waals surface area contributed by atoms with E-state index in [1.165, 1.54) is 6.92 Å². The average Bonchev–Trinajstić information content (AvgIpc) is 2.45. The molecule has 0 spiro atoms. The average molecular weight is 271 g/mol. The van der Waals surface area contributed by atoms with Gasteiger partial charge in [0.1, 0.15) is 12.4 Å². The molecule has 0 N–H and O–H groups in total. The van der Waals surface area contributed by atoms with Gasteiger partial charge < -0.3 is 4.74 Å². The van der Waals surface area contributed by atoms with Gasteiger partial charge in [0.2, 0.25) is 0 Å². The molecule has 1 radical (unpaired) electrons. The Kier molecular flexibility index (Phi) is 4.63. The second-order valence-corrected chi connectivity index (χ2v) is 4.93. The highest BCUT2D eigenvalue weighted by atomic mass is 32.2. The zero-order chi connectivity index (χ0) is 13.7. The van der Waals surface area contributed by atoms with Gasteiger partial charge in [0, 0.05) is 11.6 Å². The van der Waals surface area contributed by atoms with Crippen LogP contribution in [0, 0.1) is 6.07 Å². The Balaban J connectivity index is 2.45. The van der Waals surface area contributed by atoms with E-state index in [-0.39, 0.29) is 12.4 Å². The second-order valence-electron chi connectivity index (χ2n) is 4.11. The van der Waals surface area contributed by atoms with Crippen LogP contribution in [0.5, 0.6) is 5.75 Å². The van der Waals surface area contributed by atoms with Crippen molar-refractivity contribution in [2.75, 3.05) is 12.9 Å². The van der Waals surface area contributed by atoms with E-state index in [0.717, 1.165) is 21.8 Å². The molecule has 0 fully saturated rings. The zero-order valence-electron chi connectivity index (χ0n) is 11.0. The highest BCUT2D eigenvalue weighted by molar-refractivity contribution is 7.98. The fourth-order valence-corrected chi connectivity index (χ4v) is 2.32. The lowest BCUT2D eigenvalue weighted by atomic mass is 10.0. The molecule has 0 aliphatic carbocycles. The topological polar surface area (TPSA) is 26.3 Å². The van der Waals surface area contributed by atoms with Crippen LogP contribution < -0.4 is 4.74 Å². The third-order valence-electron chi connectivity index (χ3n) is 2.62. The third-order valence-corrected chi connectivity index (χ3v) is 3.34. The third kappa shape index (κ3) is 3.38. The Morgan fingerprint density at radius 3 is 2.63 bits per heavy atom. The van der Waals surface area contributed by atoms with Gasteiger partial charge in [-0.1, -0.05) is 36.4 Å². The Morgan fingerprint density at radius 2 is 2.00 bits per heavy atom. The Labute approximate surface area is 117 Å². The van der Waals surface area contributed by atoms with Gasteiger partial charge in [-0.25, -0.2) is 0 Å². The summed E-state index contributed by atoms with van der Waals surface area (Å²) in [6.07, 6.45) is 1.97. The summed E-state index contributed by atoms with van der Waals surface area (Å²) in [6, 6.07) is 17.0. The van der Waals surface area contributed by atoms with Crippen LogP contribution in [0.1, 0.15) is 6.92 Å². The summed E-state index contributed by atoms with van der Waals surface area (Å²) in [5.41, 5.74) is 2.07. The fourth-order valence-electron chi connectivity index (χ4n) is 1.78. The van der Waals surface area contributed by atoms with E-state index >= 15 is 0 Å². The van der Waals surface area contributed by atoms with E-state index in [2.05, 4.69) is 6.07 Å². The number of rotatable bonds is 5. The number of ketones is 1. The molecule has 2 aromatic carbocycles. The minimum absolute atomic E-state index is 0.00918. The van der Waals surface area contributed by atoms with Crippen LogP contribution in [0.25, 0.3) is 11.1 Å². The highest BCUT2D eigenvalue weighted by Gasteiger charge is 2.12.